The molecule has 2 N–H and O–H groups in total. The maximum Gasteiger partial charge on any atom is 0.275 e. The minimum absolute atomic E-state index is 0.243. The van der Waals surface area contributed by atoms with Crippen LogP contribution in [0.2, 0.25) is 5.02 Å². The van der Waals surface area contributed by atoms with Crippen molar-refractivity contribution in [1.82, 2.24) is 9.97 Å². The van der Waals surface area contributed by atoms with Crippen LogP contribution in [0.25, 0.3) is 0 Å². The summed E-state index contributed by atoms with van der Waals surface area (Å²) in [6, 6.07) is 13.2. The Morgan fingerprint density at radius 2 is 2.00 bits per heavy atom. The van der Waals surface area contributed by atoms with Gasteiger partial charge < -0.3 is 15.4 Å². The highest BCUT2D eigenvalue weighted by molar-refractivity contribution is 6.30. The van der Waals surface area contributed by atoms with E-state index in [0.29, 0.717) is 23.1 Å². The monoisotopic (exact) mass is 396 g/mol. The first-order valence-electron chi connectivity index (χ1n) is 8.81. The highest BCUT2D eigenvalue weighted by Gasteiger charge is 2.10. The first-order valence-corrected chi connectivity index (χ1v) is 9.19. The predicted molar refractivity (Wildman–Crippen MR) is 111 cm³/mol. The topological polar surface area (TPSA) is 76.1 Å². The number of aromatic nitrogens is 2. The van der Waals surface area contributed by atoms with E-state index in [4.69, 9.17) is 16.3 Å². The number of amides is 1. The van der Waals surface area contributed by atoms with Gasteiger partial charge in [-0.05, 0) is 54.8 Å². The summed E-state index contributed by atoms with van der Waals surface area (Å²) in [5.74, 6) is 1.13. The van der Waals surface area contributed by atoms with Gasteiger partial charge in [0.05, 0.1) is 19.5 Å². The standard InChI is InChI=1S/C21H21ClN4O2/c1-14-10-16(22)6-7-18(14)26-21(27)19-12-25-20(13-24-19)23-9-8-15-4-3-5-17(11-15)28-2/h3-7,10-13H,8-9H2,1-2H3,(H,23,25)(H,26,27). The molecule has 0 fully saturated rings. The highest BCUT2D eigenvalue weighted by Crippen LogP contribution is 2.20. The summed E-state index contributed by atoms with van der Waals surface area (Å²) in [5, 5.41) is 6.64. The minimum Gasteiger partial charge on any atom is -0.497 e. The van der Waals surface area contributed by atoms with Crippen molar-refractivity contribution < 1.29 is 9.53 Å². The Kier molecular flexibility index (Phi) is 6.45. The Bertz CT molecular complexity index is 961. The van der Waals surface area contributed by atoms with Gasteiger partial charge in [-0.3, -0.25) is 4.79 Å². The molecule has 6 nitrogen and oxygen atoms in total. The van der Waals surface area contributed by atoms with E-state index in [1.54, 1.807) is 31.5 Å². The lowest BCUT2D eigenvalue weighted by molar-refractivity contribution is 0.102. The van der Waals surface area contributed by atoms with Crippen molar-refractivity contribution in [2.75, 3.05) is 24.3 Å². The maximum absolute atomic E-state index is 12.3. The third-order valence-electron chi connectivity index (χ3n) is 4.18. The summed E-state index contributed by atoms with van der Waals surface area (Å²) >= 11 is 5.94. The summed E-state index contributed by atoms with van der Waals surface area (Å²) < 4.78 is 5.22. The molecular weight excluding hydrogens is 376 g/mol. The molecule has 0 aliphatic rings. The predicted octanol–water partition coefficient (Wildman–Crippen LogP) is 4.35. The third kappa shape index (κ3) is 5.20. The normalized spacial score (nSPS) is 10.4. The van der Waals surface area contributed by atoms with Gasteiger partial charge in [0, 0.05) is 17.3 Å². The lowest BCUT2D eigenvalue weighted by atomic mass is 10.1. The van der Waals surface area contributed by atoms with Gasteiger partial charge in [-0.15, -0.1) is 0 Å². The van der Waals surface area contributed by atoms with Crippen LogP contribution in [0.5, 0.6) is 5.75 Å². The van der Waals surface area contributed by atoms with E-state index in [0.717, 1.165) is 23.3 Å². The maximum atomic E-state index is 12.3. The second-order valence-electron chi connectivity index (χ2n) is 6.23. The fourth-order valence-corrected chi connectivity index (χ4v) is 2.88. The van der Waals surface area contributed by atoms with E-state index in [-0.39, 0.29) is 11.6 Å². The van der Waals surface area contributed by atoms with Gasteiger partial charge in [-0.2, -0.15) is 0 Å². The Morgan fingerprint density at radius 1 is 1.14 bits per heavy atom. The van der Waals surface area contributed by atoms with E-state index in [9.17, 15) is 4.79 Å². The number of benzene rings is 2. The fourth-order valence-electron chi connectivity index (χ4n) is 2.65. The molecule has 0 atom stereocenters. The number of aryl methyl sites for hydroxylation is 1. The first kappa shape index (κ1) is 19.6. The molecule has 0 spiro atoms. The number of ether oxygens (including phenoxy) is 1. The van der Waals surface area contributed by atoms with Gasteiger partial charge >= 0.3 is 0 Å². The molecule has 1 heterocycles. The van der Waals surface area contributed by atoms with Gasteiger partial charge in [0.15, 0.2) is 0 Å². The number of carbonyl (C=O) groups excluding carboxylic acids is 1. The molecule has 0 radical (unpaired) electrons. The van der Waals surface area contributed by atoms with E-state index >= 15 is 0 Å². The van der Waals surface area contributed by atoms with Crippen LogP contribution < -0.4 is 15.4 Å². The number of hydrogen-bond donors (Lipinski definition) is 2. The minimum atomic E-state index is -0.319. The lowest BCUT2D eigenvalue weighted by Gasteiger charge is -2.09. The van der Waals surface area contributed by atoms with E-state index < -0.39 is 0 Å². The summed E-state index contributed by atoms with van der Waals surface area (Å²) in [6.45, 7) is 2.57. The van der Waals surface area contributed by atoms with Crippen LogP contribution in [0.3, 0.4) is 0 Å². The van der Waals surface area contributed by atoms with Crippen LogP contribution in [-0.2, 0) is 6.42 Å². The summed E-state index contributed by atoms with van der Waals surface area (Å²) in [4.78, 5) is 20.8. The number of nitrogens with one attached hydrogen (secondary N) is 2. The fraction of sp³-hybridized carbons (Fsp3) is 0.190. The molecule has 1 amide bonds. The summed E-state index contributed by atoms with van der Waals surface area (Å²) in [7, 11) is 1.65. The first-order chi connectivity index (χ1) is 13.5. The zero-order valence-electron chi connectivity index (χ0n) is 15.7. The second-order valence-corrected chi connectivity index (χ2v) is 6.66. The zero-order valence-corrected chi connectivity index (χ0v) is 16.5. The van der Waals surface area contributed by atoms with E-state index in [1.165, 1.54) is 6.20 Å². The van der Waals surface area contributed by atoms with Crippen molar-refractivity contribution in [3.63, 3.8) is 0 Å². The second kappa shape index (κ2) is 9.19. The van der Waals surface area contributed by atoms with E-state index in [1.807, 2.05) is 31.2 Å². The molecule has 0 bridgehead atoms. The number of methoxy groups -OCH3 is 1. The Labute approximate surface area is 168 Å². The molecule has 0 unspecified atom stereocenters. The molecule has 28 heavy (non-hydrogen) atoms. The number of carbonyl (C=O) groups is 1. The Morgan fingerprint density at radius 3 is 2.71 bits per heavy atom. The van der Waals surface area contributed by atoms with Crippen LogP contribution in [0.15, 0.2) is 54.9 Å². The highest BCUT2D eigenvalue weighted by atomic mass is 35.5. The quantitative estimate of drug-likeness (QED) is 0.620. The lowest BCUT2D eigenvalue weighted by Crippen LogP contribution is -2.15. The van der Waals surface area contributed by atoms with Crippen LogP contribution >= 0.6 is 11.6 Å². The van der Waals surface area contributed by atoms with Crippen molar-refractivity contribution in [3.05, 3.63) is 76.7 Å². The molecule has 144 valence electrons. The number of hydrogen-bond acceptors (Lipinski definition) is 5. The van der Waals surface area contributed by atoms with Gasteiger partial charge in [0.1, 0.15) is 17.3 Å². The average molecular weight is 397 g/mol. The van der Waals surface area contributed by atoms with Crippen LogP contribution in [-0.4, -0.2) is 29.5 Å². The molecule has 1 aromatic heterocycles. The molecule has 3 rings (SSSR count). The molecule has 2 aromatic carbocycles. The zero-order chi connectivity index (χ0) is 19.9. The van der Waals surface area contributed by atoms with Crippen molar-refractivity contribution >= 4 is 29.0 Å². The van der Waals surface area contributed by atoms with Crippen LogP contribution in [0.4, 0.5) is 11.5 Å². The van der Waals surface area contributed by atoms with Crippen molar-refractivity contribution in [3.8, 4) is 5.75 Å². The average Bonchev–Trinajstić information content (AvgIpc) is 2.71. The Hall–Kier alpha value is -3.12. The molecule has 3 aromatic rings. The molecule has 0 aliphatic heterocycles. The van der Waals surface area contributed by atoms with Gasteiger partial charge in [0.2, 0.25) is 0 Å². The largest absolute Gasteiger partial charge is 0.497 e. The van der Waals surface area contributed by atoms with Crippen LogP contribution in [0, 0.1) is 6.92 Å². The molecular formula is C21H21ClN4O2. The number of rotatable bonds is 7. The number of anilines is 2. The van der Waals surface area contributed by atoms with Crippen molar-refractivity contribution in [2.24, 2.45) is 0 Å². The van der Waals surface area contributed by atoms with Gasteiger partial charge in [-0.1, -0.05) is 23.7 Å². The summed E-state index contributed by atoms with van der Waals surface area (Å²) in [5.41, 5.74) is 2.98. The molecule has 0 aliphatic carbocycles. The van der Waals surface area contributed by atoms with Crippen LogP contribution in [0.1, 0.15) is 21.6 Å². The third-order valence-corrected chi connectivity index (χ3v) is 4.41. The van der Waals surface area contributed by atoms with E-state index in [2.05, 4.69) is 20.6 Å². The molecule has 0 saturated heterocycles. The molecule has 7 heteroatoms. The van der Waals surface area contributed by atoms with Gasteiger partial charge in [0.25, 0.3) is 5.91 Å². The SMILES string of the molecule is COc1cccc(CCNc2cnc(C(=O)Nc3ccc(Cl)cc3C)cn2)c1. The van der Waals surface area contributed by atoms with Gasteiger partial charge in [-0.25, -0.2) is 9.97 Å². The van der Waals surface area contributed by atoms with Crippen molar-refractivity contribution in [2.45, 2.75) is 13.3 Å². The number of nitrogens with zero attached hydrogens (tertiary/aromatic N) is 2. The Balaban J connectivity index is 1.54. The summed E-state index contributed by atoms with van der Waals surface area (Å²) in [6.07, 6.45) is 3.82. The number of halogens is 1. The smallest absolute Gasteiger partial charge is 0.275 e. The van der Waals surface area contributed by atoms with Crippen molar-refractivity contribution in [1.29, 1.82) is 0 Å². The molecule has 0 saturated carbocycles.